The van der Waals surface area contributed by atoms with Crippen LogP contribution in [0, 0.1) is 5.82 Å². The van der Waals surface area contributed by atoms with Crippen molar-refractivity contribution in [2.45, 2.75) is 6.04 Å². The van der Waals surface area contributed by atoms with Gasteiger partial charge >= 0.3 is 5.91 Å². The maximum absolute atomic E-state index is 13.4. The number of nitrogens with zero attached hydrogens (tertiary/aromatic N) is 3. The number of hydrogen-bond donors (Lipinski definition) is 1. The van der Waals surface area contributed by atoms with Crippen LogP contribution in [0.15, 0.2) is 78.6 Å². The summed E-state index contributed by atoms with van der Waals surface area (Å²) in [6.07, 6.45) is 2.89. The third-order valence-corrected chi connectivity index (χ3v) is 4.45. The Morgan fingerprint density at radius 1 is 0.929 bits per heavy atom. The molecule has 0 unspecified atom stereocenters. The zero-order valence-electron chi connectivity index (χ0n) is 14.5. The van der Waals surface area contributed by atoms with Crippen LogP contribution in [0.4, 0.5) is 10.3 Å². The number of halogens is 1. The minimum atomic E-state index is -0.983. The highest BCUT2D eigenvalue weighted by Gasteiger charge is 2.48. The van der Waals surface area contributed by atoms with Gasteiger partial charge in [0.15, 0.2) is 0 Å². The second-order valence-corrected chi connectivity index (χ2v) is 6.14. The van der Waals surface area contributed by atoms with Crippen molar-refractivity contribution >= 4 is 23.4 Å². The van der Waals surface area contributed by atoms with Crippen LogP contribution in [-0.4, -0.2) is 26.8 Å². The van der Waals surface area contributed by atoms with Crippen molar-refractivity contribution in [2.75, 3.05) is 4.90 Å². The van der Waals surface area contributed by atoms with Crippen LogP contribution in [0.1, 0.15) is 17.2 Å². The average molecular weight is 375 g/mol. The Labute approximate surface area is 159 Å². The largest absolute Gasteiger partial charge is 0.507 e. The van der Waals surface area contributed by atoms with Crippen LogP contribution in [0.2, 0.25) is 0 Å². The molecule has 1 aromatic heterocycles. The smallest absolute Gasteiger partial charge is 0.302 e. The van der Waals surface area contributed by atoms with E-state index in [1.807, 2.05) is 0 Å². The number of Topliss-reactive ketones (excluding diaryl/α,β-unsaturated/α-hetero) is 1. The minimum Gasteiger partial charge on any atom is -0.507 e. The van der Waals surface area contributed by atoms with Crippen molar-refractivity contribution in [1.29, 1.82) is 0 Å². The molecule has 4 rings (SSSR count). The van der Waals surface area contributed by atoms with Gasteiger partial charge in [-0.3, -0.25) is 14.5 Å². The molecule has 1 fully saturated rings. The number of carbonyl (C=O) groups excluding carboxylic acids is 2. The monoisotopic (exact) mass is 375 g/mol. The molecule has 6 nitrogen and oxygen atoms in total. The standard InChI is InChI=1S/C21H14FN3O3/c22-15-9-7-13(8-10-15)17-16(18(26)14-5-2-1-3-6-14)19(27)20(28)25(17)21-23-11-4-12-24-21/h1-12,17,26H/t17-/m1/s1. The summed E-state index contributed by atoms with van der Waals surface area (Å²) in [5.74, 6) is -2.47. The Balaban J connectivity index is 1.95. The summed E-state index contributed by atoms with van der Waals surface area (Å²) >= 11 is 0. The summed E-state index contributed by atoms with van der Waals surface area (Å²) in [5.41, 5.74) is 0.738. The normalized spacial score (nSPS) is 18.5. The molecule has 1 aliphatic rings. The molecule has 7 heteroatoms. The van der Waals surface area contributed by atoms with E-state index in [1.54, 1.807) is 36.4 Å². The summed E-state index contributed by atoms with van der Waals surface area (Å²) in [7, 11) is 0. The maximum Gasteiger partial charge on any atom is 0.302 e. The fraction of sp³-hybridized carbons (Fsp3) is 0.0476. The molecule has 1 N–H and O–H groups in total. The predicted molar refractivity (Wildman–Crippen MR) is 99.7 cm³/mol. The zero-order chi connectivity index (χ0) is 19.7. The minimum absolute atomic E-state index is 0.0195. The lowest BCUT2D eigenvalue weighted by molar-refractivity contribution is -0.132. The number of rotatable bonds is 3. The molecule has 3 aromatic rings. The molecule has 0 aliphatic carbocycles. The van der Waals surface area contributed by atoms with E-state index in [4.69, 9.17) is 0 Å². The van der Waals surface area contributed by atoms with Gasteiger partial charge in [-0.2, -0.15) is 0 Å². The van der Waals surface area contributed by atoms with Gasteiger partial charge in [0.2, 0.25) is 5.95 Å². The third-order valence-electron chi connectivity index (χ3n) is 4.45. The number of benzene rings is 2. The van der Waals surface area contributed by atoms with Crippen molar-refractivity contribution in [3.05, 3.63) is 95.6 Å². The van der Waals surface area contributed by atoms with E-state index < -0.39 is 23.5 Å². The Bertz CT molecular complexity index is 1070. The molecule has 0 saturated carbocycles. The predicted octanol–water partition coefficient (Wildman–Crippen LogP) is 3.24. The number of carbonyl (C=O) groups is 2. The quantitative estimate of drug-likeness (QED) is 0.432. The van der Waals surface area contributed by atoms with Crippen LogP contribution >= 0.6 is 0 Å². The van der Waals surface area contributed by atoms with Gasteiger partial charge in [-0.25, -0.2) is 14.4 Å². The maximum atomic E-state index is 13.4. The average Bonchev–Trinajstić information content (AvgIpc) is 3.00. The van der Waals surface area contributed by atoms with Gasteiger partial charge in [0.1, 0.15) is 11.6 Å². The molecule has 1 atom stereocenters. The van der Waals surface area contributed by atoms with Crippen LogP contribution in [0.5, 0.6) is 0 Å². The van der Waals surface area contributed by atoms with E-state index >= 15 is 0 Å². The van der Waals surface area contributed by atoms with Crippen LogP contribution in [-0.2, 0) is 9.59 Å². The molecular formula is C21H14FN3O3. The zero-order valence-corrected chi connectivity index (χ0v) is 14.5. The number of ketones is 1. The van der Waals surface area contributed by atoms with E-state index in [-0.39, 0.29) is 17.3 Å². The Kier molecular flexibility index (Phi) is 4.41. The summed E-state index contributed by atoms with van der Waals surface area (Å²) in [5, 5.41) is 10.8. The molecule has 1 saturated heterocycles. The Morgan fingerprint density at radius 2 is 1.57 bits per heavy atom. The second kappa shape index (κ2) is 7.03. The fourth-order valence-corrected chi connectivity index (χ4v) is 3.17. The van der Waals surface area contributed by atoms with Gasteiger partial charge in [-0.05, 0) is 23.8 Å². The summed E-state index contributed by atoms with van der Waals surface area (Å²) in [6, 6.07) is 14.4. The van der Waals surface area contributed by atoms with Crippen molar-refractivity contribution in [1.82, 2.24) is 9.97 Å². The first-order valence-corrected chi connectivity index (χ1v) is 8.47. The van der Waals surface area contributed by atoms with Gasteiger partial charge in [0, 0.05) is 18.0 Å². The summed E-state index contributed by atoms with van der Waals surface area (Å²) < 4.78 is 13.4. The molecule has 28 heavy (non-hydrogen) atoms. The first kappa shape index (κ1) is 17.5. The molecule has 0 spiro atoms. The number of aromatic nitrogens is 2. The molecule has 1 aliphatic heterocycles. The topological polar surface area (TPSA) is 83.4 Å². The SMILES string of the molecule is O=C1C(=O)N(c2ncccn2)[C@H](c2ccc(F)cc2)C1=C(O)c1ccccc1. The lowest BCUT2D eigenvalue weighted by Gasteiger charge is -2.23. The lowest BCUT2D eigenvalue weighted by atomic mass is 9.95. The highest BCUT2D eigenvalue weighted by atomic mass is 19.1. The highest BCUT2D eigenvalue weighted by Crippen LogP contribution is 2.40. The van der Waals surface area contributed by atoms with Crippen molar-refractivity contribution in [3.8, 4) is 0 Å². The van der Waals surface area contributed by atoms with Gasteiger partial charge in [-0.1, -0.05) is 42.5 Å². The lowest BCUT2D eigenvalue weighted by Crippen LogP contribution is -2.31. The van der Waals surface area contributed by atoms with Crippen LogP contribution in [0.3, 0.4) is 0 Å². The first-order chi connectivity index (χ1) is 13.6. The number of aliphatic hydroxyl groups is 1. The first-order valence-electron chi connectivity index (χ1n) is 8.47. The van der Waals surface area contributed by atoms with Gasteiger partial charge < -0.3 is 5.11 Å². The molecule has 138 valence electrons. The van der Waals surface area contributed by atoms with Crippen LogP contribution < -0.4 is 4.90 Å². The van der Waals surface area contributed by atoms with E-state index in [0.717, 1.165) is 4.90 Å². The summed E-state index contributed by atoms with van der Waals surface area (Å²) in [4.78, 5) is 34.8. The number of aliphatic hydroxyl groups excluding tert-OH is 1. The molecular weight excluding hydrogens is 361 g/mol. The van der Waals surface area contributed by atoms with Crippen molar-refractivity contribution < 1.29 is 19.1 Å². The van der Waals surface area contributed by atoms with E-state index in [1.165, 1.54) is 36.7 Å². The van der Waals surface area contributed by atoms with Crippen molar-refractivity contribution in [2.24, 2.45) is 0 Å². The molecule has 0 radical (unpaired) electrons. The van der Waals surface area contributed by atoms with Crippen molar-refractivity contribution in [3.63, 3.8) is 0 Å². The molecule has 2 aromatic carbocycles. The molecule has 2 heterocycles. The van der Waals surface area contributed by atoms with E-state index in [2.05, 4.69) is 9.97 Å². The number of hydrogen-bond acceptors (Lipinski definition) is 5. The van der Waals surface area contributed by atoms with Crippen LogP contribution in [0.25, 0.3) is 5.76 Å². The van der Waals surface area contributed by atoms with Gasteiger partial charge in [-0.15, -0.1) is 0 Å². The Morgan fingerprint density at radius 3 is 2.21 bits per heavy atom. The van der Waals surface area contributed by atoms with E-state index in [9.17, 15) is 19.1 Å². The van der Waals surface area contributed by atoms with Gasteiger partial charge in [0.05, 0.1) is 11.6 Å². The number of amides is 1. The van der Waals surface area contributed by atoms with Gasteiger partial charge in [0.25, 0.3) is 5.78 Å². The molecule has 0 bridgehead atoms. The summed E-state index contributed by atoms with van der Waals surface area (Å²) in [6.45, 7) is 0. The molecule has 1 amide bonds. The van der Waals surface area contributed by atoms with E-state index in [0.29, 0.717) is 11.1 Å². The number of anilines is 1. The fourth-order valence-electron chi connectivity index (χ4n) is 3.17. The highest BCUT2D eigenvalue weighted by molar-refractivity contribution is 6.51. The Hall–Kier alpha value is -3.87. The second-order valence-electron chi connectivity index (χ2n) is 6.14. The third kappa shape index (κ3) is 2.92.